The number of halogens is 4. The molecule has 2 aromatic rings. The molecule has 3 rings (SSSR count). The largest absolute Gasteiger partial charge is 0.419 e. The number of rotatable bonds is 2. The number of nitriles is 2. The van der Waals surface area contributed by atoms with Crippen LogP contribution in [0.5, 0.6) is 0 Å². The summed E-state index contributed by atoms with van der Waals surface area (Å²) < 4.78 is 56.1. The minimum atomic E-state index is -5.06. The zero-order valence-corrected chi connectivity index (χ0v) is 13.9. The van der Waals surface area contributed by atoms with Crippen molar-refractivity contribution in [3.05, 3.63) is 76.6 Å². The molecule has 1 aliphatic rings. The third-order valence-corrected chi connectivity index (χ3v) is 4.29. The summed E-state index contributed by atoms with van der Waals surface area (Å²) in [6.45, 7) is 0. The van der Waals surface area contributed by atoms with Gasteiger partial charge < -0.3 is 0 Å². The van der Waals surface area contributed by atoms with E-state index < -0.39 is 28.7 Å². The van der Waals surface area contributed by atoms with Crippen LogP contribution in [0.4, 0.5) is 17.6 Å². The van der Waals surface area contributed by atoms with Crippen LogP contribution in [0.25, 0.3) is 16.7 Å². The van der Waals surface area contributed by atoms with Crippen molar-refractivity contribution in [2.45, 2.75) is 19.0 Å². The highest BCUT2D eigenvalue weighted by atomic mass is 19.4. The molecule has 2 nitrogen and oxygen atoms in total. The van der Waals surface area contributed by atoms with Crippen molar-refractivity contribution in [3.8, 4) is 23.3 Å². The summed E-state index contributed by atoms with van der Waals surface area (Å²) in [5.41, 5.74) is -2.92. The average molecular weight is 368 g/mol. The van der Waals surface area contributed by atoms with Gasteiger partial charge in [-0.1, -0.05) is 48.6 Å². The molecule has 0 heterocycles. The molecule has 0 spiro atoms. The van der Waals surface area contributed by atoms with Gasteiger partial charge in [0.25, 0.3) is 0 Å². The molecule has 0 aliphatic heterocycles. The van der Waals surface area contributed by atoms with E-state index in [1.54, 1.807) is 36.4 Å². The lowest BCUT2D eigenvalue weighted by Gasteiger charge is -2.21. The predicted octanol–water partition coefficient (Wildman–Crippen LogP) is 5.99. The molecule has 0 amide bonds. The molecule has 0 radical (unpaired) electrons. The van der Waals surface area contributed by atoms with Gasteiger partial charge in [0.1, 0.15) is 17.7 Å². The Kier molecular flexibility index (Phi) is 4.83. The lowest BCUT2D eigenvalue weighted by molar-refractivity contribution is -0.140. The Labute approximate surface area is 153 Å². The molecule has 0 saturated heterocycles. The van der Waals surface area contributed by atoms with Gasteiger partial charge in [0.05, 0.1) is 11.1 Å². The average Bonchev–Trinajstić information content (AvgIpc) is 2.67. The van der Waals surface area contributed by atoms with E-state index in [2.05, 4.69) is 0 Å². The summed E-state index contributed by atoms with van der Waals surface area (Å²) in [6.07, 6.45) is 0.751. The van der Waals surface area contributed by atoms with Crippen LogP contribution in [0, 0.1) is 28.5 Å². The van der Waals surface area contributed by atoms with E-state index in [0.29, 0.717) is 18.4 Å². The zero-order chi connectivity index (χ0) is 19.6. The van der Waals surface area contributed by atoms with Crippen molar-refractivity contribution < 1.29 is 17.6 Å². The van der Waals surface area contributed by atoms with Crippen LogP contribution in [0.1, 0.15) is 35.1 Å². The molecule has 0 bridgehead atoms. The third kappa shape index (κ3) is 3.22. The summed E-state index contributed by atoms with van der Waals surface area (Å²) in [6, 6.07) is 11.2. The molecule has 0 N–H and O–H groups in total. The fourth-order valence-electron chi connectivity index (χ4n) is 3.18. The van der Waals surface area contributed by atoms with E-state index in [1.165, 1.54) is 24.3 Å². The van der Waals surface area contributed by atoms with Gasteiger partial charge in [0.15, 0.2) is 5.82 Å². The number of nitrogens with zero attached hydrogens (tertiary/aromatic N) is 2. The molecule has 0 atom stereocenters. The SMILES string of the molecule is N#Cc1c(F)c(C(F)(F)F)c(C2=CCCC=C2)c(C#N)c1-c1ccccc1. The van der Waals surface area contributed by atoms with Crippen LogP contribution in [0.15, 0.2) is 48.6 Å². The normalized spacial score (nSPS) is 13.6. The second-order valence-electron chi connectivity index (χ2n) is 5.92. The summed E-state index contributed by atoms with van der Waals surface area (Å²) in [5, 5.41) is 19.1. The van der Waals surface area contributed by atoms with Crippen molar-refractivity contribution >= 4 is 5.57 Å². The van der Waals surface area contributed by atoms with Gasteiger partial charge in [-0.2, -0.15) is 23.7 Å². The smallest absolute Gasteiger partial charge is 0.205 e. The Hall–Kier alpha value is -3.38. The highest BCUT2D eigenvalue weighted by Crippen LogP contribution is 2.45. The van der Waals surface area contributed by atoms with E-state index in [1.807, 2.05) is 0 Å². The van der Waals surface area contributed by atoms with Crippen LogP contribution >= 0.6 is 0 Å². The molecule has 0 unspecified atom stereocenters. The van der Waals surface area contributed by atoms with Crippen molar-refractivity contribution in [1.82, 2.24) is 0 Å². The lowest BCUT2D eigenvalue weighted by Crippen LogP contribution is -2.16. The molecule has 6 heteroatoms. The summed E-state index contributed by atoms with van der Waals surface area (Å²) in [7, 11) is 0. The molecule has 1 aliphatic carbocycles. The first-order chi connectivity index (χ1) is 12.9. The Morgan fingerprint density at radius 1 is 0.889 bits per heavy atom. The standard InChI is InChI=1S/C21H12F4N2/c22-20-16(12-27)17(13-7-3-1-4-8-13)15(11-26)18(19(20)21(23,24)25)14-9-5-2-6-10-14/h1,3-5,7-10H,2,6H2. The second kappa shape index (κ2) is 7.09. The fraction of sp³-hybridized carbons (Fsp3) is 0.143. The molecular formula is C21H12F4N2. The highest BCUT2D eigenvalue weighted by molar-refractivity contribution is 5.89. The number of allylic oxidation sites excluding steroid dienone is 4. The van der Waals surface area contributed by atoms with Crippen LogP contribution < -0.4 is 0 Å². The first-order valence-corrected chi connectivity index (χ1v) is 8.09. The fourth-order valence-corrected chi connectivity index (χ4v) is 3.18. The van der Waals surface area contributed by atoms with Gasteiger partial charge in [-0.25, -0.2) is 4.39 Å². The quantitative estimate of drug-likeness (QED) is 0.612. The number of hydrogen-bond acceptors (Lipinski definition) is 2. The van der Waals surface area contributed by atoms with Gasteiger partial charge in [0, 0.05) is 11.1 Å². The maximum atomic E-state index is 14.9. The van der Waals surface area contributed by atoms with E-state index in [4.69, 9.17) is 0 Å². The summed E-state index contributed by atoms with van der Waals surface area (Å²) in [5.74, 6) is -1.65. The first kappa shape index (κ1) is 18.4. The first-order valence-electron chi connectivity index (χ1n) is 8.09. The number of alkyl halides is 3. The van der Waals surface area contributed by atoms with Crippen LogP contribution in [-0.4, -0.2) is 0 Å². The van der Waals surface area contributed by atoms with Gasteiger partial charge in [-0.3, -0.25) is 0 Å². The van der Waals surface area contributed by atoms with E-state index in [0.717, 1.165) is 0 Å². The monoisotopic (exact) mass is 368 g/mol. The summed E-state index contributed by atoms with van der Waals surface area (Å²) in [4.78, 5) is 0. The molecule has 0 aromatic heterocycles. The van der Waals surface area contributed by atoms with Crippen LogP contribution in [-0.2, 0) is 6.18 Å². The van der Waals surface area contributed by atoms with Gasteiger partial charge in [-0.15, -0.1) is 0 Å². The highest BCUT2D eigenvalue weighted by Gasteiger charge is 2.41. The molecular weight excluding hydrogens is 356 g/mol. The molecule has 0 saturated carbocycles. The van der Waals surface area contributed by atoms with Crippen LogP contribution in [0.3, 0.4) is 0 Å². The van der Waals surface area contributed by atoms with E-state index in [9.17, 15) is 28.1 Å². The number of benzene rings is 2. The maximum absolute atomic E-state index is 14.9. The Morgan fingerprint density at radius 3 is 2.07 bits per heavy atom. The molecule has 134 valence electrons. The van der Waals surface area contributed by atoms with Crippen molar-refractivity contribution in [2.24, 2.45) is 0 Å². The van der Waals surface area contributed by atoms with Crippen molar-refractivity contribution in [1.29, 1.82) is 10.5 Å². The topological polar surface area (TPSA) is 47.6 Å². The van der Waals surface area contributed by atoms with Crippen molar-refractivity contribution in [3.63, 3.8) is 0 Å². The Morgan fingerprint density at radius 2 is 1.56 bits per heavy atom. The van der Waals surface area contributed by atoms with Gasteiger partial charge >= 0.3 is 6.18 Å². The second-order valence-corrected chi connectivity index (χ2v) is 5.92. The zero-order valence-electron chi connectivity index (χ0n) is 13.9. The predicted molar refractivity (Wildman–Crippen MR) is 92.6 cm³/mol. The van der Waals surface area contributed by atoms with Gasteiger partial charge in [-0.05, 0) is 24.0 Å². The van der Waals surface area contributed by atoms with Crippen LogP contribution in [0.2, 0.25) is 0 Å². The van der Waals surface area contributed by atoms with Gasteiger partial charge in [0.2, 0.25) is 0 Å². The molecule has 2 aromatic carbocycles. The third-order valence-electron chi connectivity index (χ3n) is 4.29. The minimum Gasteiger partial charge on any atom is -0.205 e. The summed E-state index contributed by atoms with van der Waals surface area (Å²) >= 11 is 0. The maximum Gasteiger partial charge on any atom is 0.419 e. The van der Waals surface area contributed by atoms with Crippen molar-refractivity contribution in [2.75, 3.05) is 0 Å². The Balaban J connectivity index is 2.53. The van der Waals surface area contributed by atoms with E-state index in [-0.39, 0.29) is 16.7 Å². The molecule has 0 fully saturated rings. The lowest BCUT2D eigenvalue weighted by atomic mass is 9.83. The molecule has 27 heavy (non-hydrogen) atoms. The number of hydrogen-bond donors (Lipinski definition) is 0. The minimum absolute atomic E-state index is 0.124. The Bertz CT molecular complexity index is 1030. The van der Waals surface area contributed by atoms with E-state index >= 15 is 0 Å².